The van der Waals surface area contributed by atoms with Crippen molar-refractivity contribution in [2.24, 2.45) is 0 Å². The second-order valence-corrected chi connectivity index (χ2v) is 7.56. The van der Waals surface area contributed by atoms with Crippen molar-refractivity contribution in [3.05, 3.63) is 0 Å². The summed E-state index contributed by atoms with van der Waals surface area (Å²) >= 11 is 3.48. The number of ether oxygens (including phenoxy) is 1. The van der Waals surface area contributed by atoms with Gasteiger partial charge in [-0.2, -0.15) is 0 Å². The third kappa shape index (κ3) is 2.14. The first-order valence-corrected chi connectivity index (χ1v) is 7.46. The Kier molecular flexibility index (Phi) is 4.00. The normalized spacial score (nSPS) is 34.4. The maximum Gasteiger partial charge on any atom is 0.179 e. The van der Waals surface area contributed by atoms with Crippen molar-refractivity contribution in [3.63, 3.8) is 0 Å². The molecule has 1 rings (SSSR count). The first kappa shape index (κ1) is 12.5. The van der Waals surface area contributed by atoms with Crippen LogP contribution in [0, 0.1) is 0 Å². The fourth-order valence-electron chi connectivity index (χ4n) is 1.99. The van der Waals surface area contributed by atoms with Gasteiger partial charge in [-0.25, -0.2) is 8.42 Å². The molecule has 2 unspecified atom stereocenters. The maximum absolute atomic E-state index is 11.9. The van der Waals surface area contributed by atoms with Gasteiger partial charge in [0.15, 0.2) is 14.8 Å². The van der Waals surface area contributed by atoms with Crippen molar-refractivity contribution in [2.45, 2.75) is 42.4 Å². The summed E-state index contributed by atoms with van der Waals surface area (Å²) in [6.07, 6.45) is 3.13. The van der Waals surface area contributed by atoms with E-state index < -0.39 is 14.8 Å². The van der Waals surface area contributed by atoms with Crippen LogP contribution < -0.4 is 0 Å². The Morgan fingerprint density at radius 2 is 2.21 bits per heavy atom. The van der Waals surface area contributed by atoms with Crippen LogP contribution in [-0.2, 0) is 14.6 Å². The summed E-state index contributed by atoms with van der Waals surface area (Å²) in [4.78, 5) is -0.675. The highest BCUT2D eigenvalue weighted by Crippen LogP contribution is 2.39. The summed E-state index contributed by atoms with van der Waals surface area (Å²) in [7, 11) is -1.62. The van der Waals surface area contributed by atoms with Crippen molar-refractivity contribution in [1.29, 1.82) is 0 Å². The molecule has 0 amide bonds. The molecule has 0 aromatic heterocycles. The Balaban J connectivity index is 2.96. The molecule has 1 fully saturated rings. The van der Waals surface area contributed by atoms with Crippen LogP contribution in [0.15, 0.2) is 0 Å². The predicted molar refractivity (Wildman–Crippen MR) is 60.4 cm³/mol. The van der Waals surface area contributed by atoms with Crippen molar-refractivity contribution in [1.82, 2.24) is 0 Å². The molecule has 2 atom stereocenters. The average Bonchev–Trinajstić information content (AvgIpc) is 2.17. The standard InChI is InChI=1S/C9H17BrO3S/c1-3-14(11,12)9(13-2)6-4-5-8(10)7-9/h8H,3-7H2,1-2H3. The molecular formula is C9H17BrO3S. The summed E-state index contributed by atoms with van der Waals surface area (Å²) < 4.78 is 29.1. The summed E-state index contributed by atoms with van der Waals surface area (Å²) in [5.41, 5.74) is 0. The van der Waals surface area contributed by atoms with Gasteiger partial charge in [-0.3, -0.25) is 0 Å². The van der Waals surface area contributed by atoms with E-state index in [9.17, 15) is 8.42 Å². The van der Waals surface area contributed by atoms with Crippen LogP contribution in [0.3, 0.4) is 0 Å². The van der Waals surface area contributed by atoms with E-state index in [1.165, 1.54) is 7.11 Å². The van der Waals surface area contributed by atoms with Gasteiger partial charge in [0.1, 0.15) is 0 Å². The van der Waals surface area contributed by atoms with Gasteiger partial charge >= 0.3 is 0 Å². The zero-order valence-electron chi connectivity index (χ0n) is 8.62. The molecular weight excluding hydrogens is 268 g/mol. The molecule has 0 bridgehead atoms. The predicted octanol–water partition coefficient (Wildman–Crippen LogP) is 2.10. The molecule has 0 aliphatic heterocycles. The molecule has 0 saturated heterocycles. The number of hydrogen-bond acceptors (Lipinski definition) is 3. The second kappa shape index (κ2) is 4.49. The van der Waals surface area contributed by atoms with Crippen LogP contribution in [0.25, 0.3) is 0 Å². The van der Waals surface area contributed by atoms with Gasteiger partial charge in [-0.1, -0.05) is 22.9 Å². The minimum absolute atomic E-state index is 0.153. The van der Waals surface area contributed by atoms with Crippen LogP contribution >= 0.6 is 15.9 Å². The third-order valence-electron chi connectivity index (χ3n) is 2.93. The second-order valence-electron chi connectivity index (χ2n) is 3.71. The van der Waals surface area contributed by atoms with Gasteiger partial charge in [0, 0.05) is 18.4 Å². The minimum Gasteiger partial charge on any atom is -0.362 e. The third-order valence-corrected chi connectivity index (χ3v) is 6.14. The molecule has 0 aromatic carbocycles. The molecule has 0 spiro atoms. The SMILES string of the molecule is CCS(=O)(=O)C1(OC)CCCC(Br)C1. The topological polar surface area (TPSA) is 43.4 Å². The lowest BCUT2D eigenvalue weighted by Crippen LogP contribution is -2.46. The molecule has 84 valence electrons. The average molecular weight is 285 g/mol. The Labute approximate surface area is 94.3 Å². The Hall–Kier alpha value is 0.390. The van der Waals surface area contributed by atoms with E-state index in [1.807, 2.05) is 0 Å². The molecule has 14 heavy (non-hydrogen) atoms. The van der Waals surface area contributed by atoms with Crippen LogP contribution in [0.1, 0.15) is 32.6 Å². The number of alkyl halides is 1. The van der Waals surface area contributed by atoms with Gasteiger partial charge in [-0.15, -0.1) is 0 Å². The van der Waals surface area contributed by atoms with E-state index in [1.54, 1.807) is 6.92 Å². The van der Waals surface area contributed by atoms with Crippen molar-refractivity contribution in [2.75, 3.05) is 12.9 Å². The minimum atomic E-state index is -3.12. The largest absolute Gasteiger partial charge is 0.362 e. The summed E-state index contributed by atoms with van der Waals surface area (Å²) in [5.74, 6) is 0.153. The first-order valence-electron chi connectivity index (χ1n) is 4.89. The Morgan fingerprint density at radius 3 is 2.64 bits per heavy atom. The van der Waals surface area contributed by atoms with Crippen LogP contribution in [0.4, 0.5) is 0 Å². The lowest BCUT2D eigenvalue weighted by Gasteiger charge is -2.37. The molecule has 0 heterocycles. The number of methoxy groups -OCH3 is 1. The van der Waals surface area contributed by atoms with Gasteiger partial charge in [-0.05, 0) is 19.3 Å². The van der Waals surface area contributed by atoms with E-state index in [4.69, 9.17) is 4.74 Å². The molecule has 1 saturated carbocycles. The lowest BCUT2D eigenvalue weighted by atomic mass is 9.97. The summed E-state index contributed by atoms with van der Waals surface area (Å²) in [5, 5.41) is 0. The van der Waals surface area contributed by atoms with Crippen molar-refractivity contribution < 1.29 is 13.2 Å². The molecule has 3 nitrogen and oxygen atoms in total. The van der Waals surface area contributed by atoms with Crippen LogP contribution in [-0.4, -0.2) is 31.0 Å². The van der Waals surface area contributed by atoms with Crippen LogP contribution in [0.5, 0.6) is 0 Å². The van der Waals surface area contributed by atoms with E-state index in [-0.39, 0.29) is 10.6 Å². The summed E-state index contributed by atoms with van der Waals surface area (Å²) in [6, 6.07) is 0. The highest BCUT2D eigenvalue weighted by Gasteiger charge is 2.45. The zero-order chi connectivity index (χ0) is 10.8. The Bertz CT molecular complexity index is 288. The van der Waals surface area contributed by atoms with Gasteiger partial charge < -0.3 is 4.74 Å². The summed E-state index contributed by atoms with van der Waals surface area (Å²) in [6.45, 7) is 1.67. The number of rotatable bonds is 3. The maximum atomic E-state index is 11.9. The quantitative estimate of drug-likeness (QED) is 0.746. The fraction of sp³-hybridized carbons (Fsp3) is 1.00. The molecule has 1 aliphatic carbocycles. The van der Waals surface area contributed by atoms with Gasteiger partial charge in [0.25, 0.3) is 0 Å². The highest BCUT2D eigenvalue weighted by molar-refractivity contribution is 9.09. The van der Waals surface area contributed by atoms with Crippen molar-refractivity contribution >= 4 is 25.8 Å². The molecule has 0 N–H and O–H groups in total. The lowest BCUT2D eigenvalue weighted by molar-refractivity contribution is 0.0333. The van der Waals surface area contributed by atoms with E-state index in [2.05, 4.69) is 15.9 Å². The van der Waals surface area contributed by atoms with E-state index >= 15 is 0 Å². The molecule has 0 radical (unpaired) electrons. The molecule has 0 aromatic rings. The van der Waals surface area contributed by atoms with E-state index in [0.29, 0.717) is 12.8 Å². The van der Waals surface area contributed by atoms with Gasteiger partial charge in [0.2, 0.25) is 0 Å². The van der Waals surface area contributed by atoms with E-state index in [0.717, 1.165) is 12.8 Å². The number of sulfone groups is 1. The highest BCUT2D eigenvalue weighted by atomic mass is 79.9. The van der Waals surface area contributed by atoms with Gasteiger partial charge in [0.05, 0.1) is 5.75 Å². The fourth-order valence-corrected chi connectivity index (χ4v) is 4.74. The van der Waals surface area contributed by atoms with Crippen LogP contribution in [0.2, 0.25) is 0 Å². The molecule has 1 aliphatic rings. The number of hydrogen-bond donors (Lipinski definition) is 0. The smallest absolute Gasteiger partial charge is 0.179 e. The van der Waals surface area contributed by atoms with Crippen molar-refractivity contribution in [3.8, 4) is 0 Å². The molecule has 5 heteroatoms. The monoisotopic (exact) mass is 284 g/mol. The Morgan fingerprint density at radius 1 is 1.57 bits per heavy atom. The zero-order valence-corrected chi connectivity index (χ0v) is 11.0. The first-order chi connectivity index (χ1) is 6.47. The number of halogens is 1.